The number of halogens is 2. The topological polar surface area (TPSA) is 18.5 Å². The molecule has 0 fully saturated rings. The van der Waals surface area contributed by atoms with Crippen molar-refractivity contribution in [2.75, 3.05) is 20.8 Å². The Labute approximate surface area is 135 Å². The second-order valence-corrected chi connectivity index (χ2v) is 5.61. The first-order valence-electron chi connectivity index (χ1n) is 6.71. The van der Waals surface area contributed by atoms with E-state index in [-0.39, 0.29) is 5.38 Å². The second-order valence-electron chi connectivity index (χ2n) is 4.73. The van der Waals surface area contributed by atoms with Crippen LogP contribution in [0, 0.1) is 0 Å². The van der Waals surface area contributed by atoms with Crippen LogP contribution in [-0.4, -0.2) is 20.8 Å². The Morgan fingerprint density at radius 2 is 1.76 bits per heavy atom. The Kier molecular flexibility index (Phi) is 5.92. The number of hydrogen-bond acceptors (Lipinski definition) is 2. The third-order valence-electron chi connectivity index (χ3n) is 3.33. The third-order valence-corrected chi connectivity index (χ3v) is 4.05. The summed E-state index contributed by atoms with van der Waals surface area (Å²) >= 11 is 12.6. The predicted octanol–water partition coefficient (Wildman–Crippen LogP) is 4.87. The highest BCUT2D eigenvalue weighted by Crippen LogP contribution is 2.36. The van der Waals surface area contributed by atoms with Gasteiger partial charge >= 0.3 is 0 Å². The van der Waals surface area contributed by atoms with Crippen molar-refractivity contribution < 1.29 is 9.47 Å². The van der Waals surface area contributed by atoms with Crippen LogP contribution in [0.4, 0.5) is 0 Å². The minimum absolute atomic E-state index is 0.296. The van der Waals surface area contributed by atoms with Gasteiger partial charge in [-0.3, -0.25) is 0 Å². The zero-order chi connectivity index (χ0) is 15.2. The van der Waals surface area contributed by atoms with Crippen LogP contribution in [0.15, 0.2) is 42.5 Å². The SMILES string of the molecule is COCCc1ccc(C(Cl)c2cc(Cl)ccc2OC)cc1. The zero-order valence-electron chi connectivity index (χ0n) is 12.1. The lowest BCUT2D eigenvalue weighted by molar-refractivity contribution is 0.202. The molecule has 0 aromatic heterocycles. The van der Waals surface area contributed by atoms with Gasteiger partial charge in [0.1, 0.15) is 5.75 Å². The Hall–Kier alpha value is -1.22. The largest absolute Gasteiger partial charge is 0.496 e. The van der Waals surface area contributed by atoms with Gasteiger partial charge in [0.05, 0.1) is 19.1 Å². The molecule has 2 rings (SSSR count). The van der Waals surface area contributed by atoms with Gasteiger partial charge in [-0.25, -0.2) is 0 Å². The lowest BCUT2D eigenvalue weighted by atomic mass is 10.0. The highest BCUT2D eigenvalue weighted by Gasteiger charge is 2.16. The van der Waals surface area contributed by atoms with E-state index in [9.17, 15) is 0 Å². The molecule has 0 amide bonds. The maximum atomic E-state index is 6.58. The number of rotatable bonds is 6. The average molecular weight is 325 g/mol. The molecule has 0 aliphatic rings. The lowest BCUT2D eigenvalue weighted by Crippen LogP contribution is -1.99. The molecule has 1 atom stereocenters. The molecule has 0 aliphatic carbocycles. The molecule has 0 saturated heterocycles. The van der Waals surface area contributed by atoms with Gasteiger partial charge in [0.15, 0.2) is 0 Å². The first-order valence-corrected chi connectivity index (χ1v) is 7.52. The quantitative estimate of drug-likeness (QED) is 0.706. The summed E-state index contributed by atoms with van der Waals surface area (Å²) in [4.78, 5) is 0. The van der Waals surface area contributed by atoms with Crippen molar-refractivity contribution in [1.29, 1.82) is 0 Å². The van der Waals surface area contributed by atoms with Crippen LogP contribution in [0.2, 0.25) is 5.02 Å². The third kappa shape index (κ3) is 4.13. The van der Waals surface area contributed by atoms with Crippen LogP contribution in [0.5, 0.6) is 5.75 Å². The molecular formula is C17H18Cl2O2. The molecule has 0 bridgehead atoms. The molecule has 2 aromatic rings. The Bertz CT molecular complexity index is 582. The number of hydrogen-bond donors (Lipinski definition) is 0. The van der Waals surface area contributed by atoms with Gasteiger partial charge in [0.25, 0.3) is 0 Å². The fourth-order valence-electron chi connectivity index (χ4n) is 2.16. The molecule has 0 N–H and O–H groups in total. The van der Waals surface area contributed by atoms with Crippen molar-refractivity contribution in [3.63, 3.8) is 0 Å². The smallest absolute Gasteiger partial charge is 0.123 e. The van der Waals surface area contributed by atoms with Crippen molar-refractivity contribution in [3.05, 3.63) is 64.2 Å². The van der Waals surface area contributed by atoms with E-state index < -0.39 is 0 Å². The minimum Gasteiger partial charge on any atom is -0.496 e. The van der Waals surface area contributed by atoms with E-state index in [0.29, 0.717) is 11.6 Å². The second kappa shape index (κ2) is 7.69. The molecule has 1 unspecified atom stereocenters. The normalized spacial score (nSPS) is 12.2. The predicted molar refractivity (Wildman–Crippen MR) is 87.7 cm³/mol. The molecule has 112 valence electrons. The molecule has 21 heavy (non-hydrogen) atoms. The zero-order valence-corrected chi connectivity index (χ0v) is 13.6. The van der Waals surface area contributed by atoms with Gasteiger partial charge in [0.2, 0.25) is 0 Å². The molecule has 0 radical (unpaired) electrons. The summed E-state index contributed by atoms with van der Waals surface area (Å²) in [5, 5.41) is 0.350. The monoisotopic (exact) mass is 324 g/mol. The molecule has 0 spiro atoms. The van der Waals surface area contributed by atoms with E-state index in [1.54, 1.807) is 20.3 Å². The lowest BCUT2D eigenvalue weighted by Gasteiger charge is -2.15. The van der Waals surface area contributed by atoms with E-state index in [1.165, 1.54) is 5.56 Å². The summed E-state index contributed by atoms with van der Waals surface area (Å²) in [5.74, 6) is 0.739. The van der Waals surface area contributed by atoms with Crippen LogP contribution < -0.4 is 4.74 Å². The number of alkyl halides is 1. The summed E-state index contributed by atoms with van der Waals surface area (Å²) in [5.41, 5.74) is 3.11. The van der Waals surface area contributed by atoms with Gasteiger partial charge in [-0.2, -0.15) is 0 Å². The van der Waals surface area contributed by atoms with Crippen molar-refractivity contribution in [2.24, 2.45) is 0 Å². The summed E-state index contributed by atoms with van der Waals surface area (Å²) in [6.07, 6.45) is 0.893. The van der Waals surface area contributed by atoms with E-state index in [2.05, 4.69) is 12.1 Å². The maximum Gasteiger partial charge on any atom is 0.123 e. The van der Waals surface area contributed by atoms with Gasteiger partial charge in [-0.05, 0) is 35.7 Å². The summed E-state index contributed by atoms with van der Waals surface area (Å²) in [6, 6.07) is 13.7. The average Bonchev–Trinajstić information content (AvgIpc) is 2.52. The number of ether oxygens (including phenoxy) is 2. The fraction of sp³-hybridized carbons (Fsp3) is 0.294. The Morgan fingerprint density at radius 3 is 2.38 bits per heavy atom. The van der Waals surface area contributed by atoms with Gasteiger partial charge in [-0.1, -0.05) is 35.9 Å². The molecule has 0 heterocycles. The van der Waals surface area contributed by atoms with E-state index in [4.69, 9.17) is 32.7 Å². The molecule has 0 aliphatic heterocycles. The van der Waals surface area contributed by atoms with Crippen LogP contribution in [0.25, 0.3) is 0 Å². The molecular weight excluding hydrogens is 307 g/mol. The summed E-state index contributed by atoms with van der Waals surface area (Å²) in [6.45, 7) is 0.714. The maximum absolute atomic E-state index is 6.58. The van der Waals surface area contributed by atoms with Crippen LogP contribution in [-0.2, 0) is 11.2 Å². The van der Waals surface area contributed by atoms with E-state index in [0.717, 1.165) is 23.3 Å². The Balaban J connectivity index is 2.23. The highest BCUT2D eigenvalue weighted by atomic mass is 35.5. The Morgan fingerprint density at radius 1 is 1.05 bits per heavy atom. The van der Waals surface area contributed by atoms with Crippen molar-refractivity contribution in [1.82, 2.24) is 0 Å². The summed E-state index contributed by atoms with van der Waals surface area (Å²) < 4.78 is 10.4. The van der Waals surface area contributed by atoms with E-state index >= 15 is 0 Å². The van der Waals surface area contributed by atoms with Crippen molar-refractivity contribution >= 4 is 23.2 Å². The van der Waals surface area contributed by atoms with E-state index in [1.807, 2.05) is 24.3 Å². The van der Waals surface area contributed by atoms with Crippen LogP contribution in [0.3, 0.4) is 0 Å². The fourth-order valence-corrected chi connectivity index (χ4v) is 2.65. The minimum atomic E-state index is -0.296. The van der Waals surface area contributed by atoms with Crippen molar-refractivity contribution in [2.45, 2.75) is 11.8 Å². The summed E-state index contributed by atoms with van der Waals surface area (Å²) in [7, 11) is 3.33. The molecule has 4 heteroatoms. The van der Waals surface area contributed by atoms with Gasteiger partial charge < -0.3 is 9.47 Å². The van der Waals surface area contributed by atoms with Gasteiger partial charge in [0, 0.05) is 17.7 Å². The van der Waals surface area contributed by atoms with Crippen molar-refractivity contribution in [3.8, 4) is 5.75 Å². The molecule has 0 saturated carbocycles. The number of methoxy groups -OCH3 is 2. The first-order chi connectivity index (χ1) is 10.2. The van der Waals surface area contributed by atoms with Gasteiger partial charge in [-0.15, -0.1) is 11.6 Å². The van der Waals surface area contributed by atoms with Crippen LogP contribution in [0.1, 0.15) is 22.1 Å². The first kappa shape index (κ1) is 16.2. The standard InChI is InChI=1S/C17H18Cl2O2/c1-20-10-9-12-3-5-13(6-4-12)17(19)15-11-14(18)7-8-16(15)21-2/h3-8,11,17H,9-10H2,1-2H3. The van der Waals surface area contributed by atoms with Crippen LogP contribution >= 0.6 is 23.2 Å². The molecule has 2 nitrogen and oxygen atoms in total. The number of benzene rings is 2. The highest BCUT2D eigenvalue weighted by molar-refractivity contribution is 6.31. The molecule has 2 aromatic carbocycles.